The predicted molar refractivity (Wildman–Crippen MR) is 163 cm³/mol. The highest BCUT2D eigenvalue weighted by atomic mass is 19.4. The average Bonchev–Trinajstić information content (AvgIpc) is 2.96. The highest BCUT2D eigenvalue weighted by molar-refractivity contribution is 6.00. The standard InChI is InChI=1S/C35H36F3NO5/c1-20-24-7-6-18-43-28(24)17-16-25(20)29-26-15-12-22(9-8-21-10-13-23(14-11-21)35(36,37)38)19-27(26)32(40)39(5)30(29)31(33(41)42)44-34(2,3)4/h10-17,19,31H,6-9,18H2,1-5H3,(H,41,42). The minimum Gasteiger partial charge on any atom is -0.493 e. The number of pyridine rings is 1. The fourth-order valence-electron chi connectivity index (χ4n) is 5.93. The van der Waals surface area contributed by atoms with E-state index in [1.54, 1.807) is 33.9 Å². The second kappa shape index (κ2) is 11.8. The average molecular weight is 608 g/mol. The molecular formula is C35H36F3NO5. The summed E-state index contributed by atoms with van der Waals surface area (Å²) < 4.78 is 52.3. The summed E-state index contributed by atoms with van der Waals surface area (Å²) in [5.41, 5.74) is 3.38. The van der Waals surface area contributed by atoms with Crippen LogP contribution in [0.3, 0.4) is 0 Å². The van der Waals surface area contributed by atoms with Gasteiger partial charge in [-0.05, 0) is 111 Å². The maximum Gasteiger partial charge on any atom is 0.416 e. The molecule has 9 heteroatoms. The van der Waals surface area contributed by atoms with Crippen LogP contribution in [0.25, 0.3) is 21.9 Å². The van der Waals surface area contributed by atoms with E-state index in [0.717, 1.165) is 58.5 Å². The van der Waals surface area contributed by atoms with Gasteiger partial charge >= 0.3 is 12.1 Å². The van der Waals surface area contributed by atoms with E-state index in [1.807, 2.05) is 31.2 Å². The van der Waals surface area contributed by atoms with Crippen molar-refractivity contribution in [1.29, 1.82) is 0 Å². The van der Waals surface area contributed by atoms with E-state index in [9.17, 15) is 27.9 Å². The van der Waals surface area contributed by atoms with E-state index in [4.69, 9.17) is 9.47 Å². The molecule has 0 saturated carbocycles. The fourth-order valence-corrected chi connectivity index (χ4v) is 5.93. The summed E-state index contributed by atoms with van der Waals surface area (Å²) >= 11 is 0. The van der Waals surface area contributed by atoms with Crippen molar-refractivity contribution in [2.75, 3.05) is 6.61 Å². The van der Waals surface area contributed by atoms with E-state index >= 15 is 0 Å². The Hall–Kier alpha value is -4.11. The maximum atomic E-state index is 13.9. The summed E-state index contributed by atoms with van der Waals surface area (Å²) in [6.45, 7) is 7.93. The Morgan fingerprint density at radius 1 is 1.00 bits per heavy atom. The number of aliphatic carboxylic acids is 1. The van der Waals surface area contributed by atoms with Gasteiger partial charge in [0.05, 0.1) is 23.5 Å². The number of benzene rings is 3. The predicted octanol–water partition coefficient (Wildman–Crippen LogP) is 7.58. The first-order valence-electron chi connectivity index (χ1n) is 14.6. The maximum absolute atomic E-state index is 13.9. The first-order chi connectivity index (χ1) is 20.7. The van der Waals surface area contributed by atoms with Crippen LogP contribution in [0.1, 0.15) is 66.8 Å². The second-order valence-electron chi connectivity index (χ2n) is 12.3. The van der Waals surface area contributed by atoms with Crippen molar-refractivity contribution in [1.82, 2.24) is 4.57 Å². The van der Waals surface area contributed by atoms with Gasteiger partial charge in [0.25, 0.3) is 5.56 Å². The number of rotatable bonds is 7. The van der Waals surface area contributed by atoms with E-state index in [2.05, 4.69) is 0 Å². The summed E-state index contributed by atoms with van der Waals surface area (Å²) in [6.07, 6.45) is -3.14. The zero-order chi connectivity index (χ0) is 32.0. The van der Waals surface area contributed by atoms with Gasteiger partial charge in [-0.2, -0.15) is 13.2 Å². The topological polar surface area (TPSA) is 77.8 Å². The third-order valence-electron chi connectivity index (χ3n) is 8.09. The smallest absolute Gasteiger partial charge is 0.416 e. The number of aryl methyl sites for hydroxylation is 2. The largest absolute Gasteiger partial charge is 0.493 e. The number of fused-ring (bicyclic) bond motifs is 2. The number of aromatic nitrogens is 1. The van der Waals surface area contributed by atoms with Crippen molar-refractivity contribution in [3.8, 4) is 16.9 Å². The minimum absolute atomic E-state index is 0.252. The lowest BCUT2D eigenvalue weighted by molar-refractivity contribution is -0.161. The normalized spacial score (nSPS) is 14.3. The number of nitrogens with zero attached hydrogens (tertiary/aromatic N) is 1. The summed E-state index contributed by atoms with van der Waals surface area (Å²) in [7, 11) is 1.56. The van der Waals surface area contributed by atoms with Crippen LogP contribution in [0.4, 0.5) is 13.2 Å². The molecule has 232 valence electrons. The molecule has 6 nitrogen and oxygen atoms in total. The summed E-state index contributed by atoms with van der Waals surface area (Å²) in [6, 6.07) is 14.4. The molecule has 1 N–H and O–H groups in total. The Morgan fingerprint density at radius 3 is 2.30 bits per heavy atom. The van der Waals surface area contributed by atoms with Crippen molar-refractivity contribution < 1.29 is 32.5 Å². The SMILES string of the molecule is Cc1c(-c2c(C(OC(C)(C)C)C(=O)O)n(C)c(=O)c3cc(CCc4ccc(C(F)(F)F)cc4)ccc23)ccc2c1CCCO2. The van der Waals surface area contributed by atoms with Gasteiger partial charge in [0, 0.05) is 18.0 Å². The van der Waals surface area contributed by atoms with Crippen LogP contribution in [-0.4, -0.2) is 27.9 Å². The van der Waals surface area contributed by atoms with Crippen LogP contribution in [0, 0.1) is 6.92 Å². The zero-order valence-corrected chi connectivity index (χ0v) is 25.5. The third kappa shape index (κ3) is 6.24. The molecule has 2 heterocycles. The van der Waals surface area contributed by atoms with Crippen LogP contribution in [0.15, 0.2) is 59.4 Å². The van der Waals surface area contributed by atoms with Gasteiger partial charge in [0.1, 0.15) is 5.75 Å². The molecule has 1 aromatic heterocycles. The molecule has 0 saturated heterocycles. The summed E-state index contributed by atoms with van der Waals surface area (Å²) in [4.78, 5) is 26.6. The molecule has 0 spiro atoms. The van der Waals surface area contributed by atoms with E-state index < -0.39 is 29.4 Å². The lowest BCUT2D eigenvalue weighted by Crippen LogP contribution is -2.33. The summed E-state index contributed by atoms with van der Waals surface area (Å²) in [5.74, 6) is -0.401. The molecule has 1 unspecified atom stereocenters. The van der Waals surface area contributed by atoms with Crippen LogP contribution in [0.2, 0.25) is 0 Å². The molecular weight excluding hydrogens is 571 g/mol. The lowest BCUT2D eigenvalue weighted by Gasteiger charge is -2.29. The molecule has 1 aliphatic rings. The third-order valence-corrected chi connectivity index (χ3v) is 8.09. The molecule has 0 aliphatic carbocycles. The van der Waals surface area contributed by atoms with Gasteiger partial charge in [-0.1, -0.05) is 30.3 Å². The van der Waals surface area contributed by atoms with Gasteiger partial charge < -0.3 is 19.1 Å². The van der Waals surface area contributed by atoms with E-state index in [-0.39, 0.29) is 11.3 Å². The van der Waals surface area contributed by atoms with Crippen molar-refractivity contribution >= 4 is 16.7 Å². The lowest BCUT2D eigenvalue weighted by atomic mass is 9.87. The number of hydrogen-bond acceptors (Lipinski definition) is 4. The number of carboxylic acids is 1. The Labute approximate surface area is 254 Å². The van der Waals surface area contributed by atoms with Crippen molar-refractivity contribution in [3.63, 3.8) is 0 Å². The van der Waals surface area contributed by atoms with Crippen molar-refractivity contribution in [3.05, 3.63) is 98.5 Å². The molecule has 0 fully saturated rings. The number of hydrogen-bond donors (Lipinski definition) is 1. The molecule has 0 amide bonds. The van der Waals surface area contributed by atoms with E-state index in [1.165, 1.54) is 16.7 Å². The van der Waals surface area contributed by atoms with Gasteiger partial charge in [0.15, 0.2) is 6.10 Å². The highest BCUT2D eigenvalue weighted by Gasteiger charge is 2.34. The molecule has 0 bridgehead atoms. The first kappa shape index (κ1) is 31.3. The molecule has 1 atom stereocenters. The number of carboxylic acid groups (broad SMARTS) is 1. The number of halogens is 3. The van der Waals surface area contributed by atoms with Gasteiger partial charge in [-0.25, -0.2) is 4.79 Å². The fraction of sp³-hybridized carbons (Fsp3) is 0.371. The molecule has 44 heavy (non-hydrogen) atoms. The number of ether oxygens (including phenoxy) is 2. The highest BCUT2D eigenvalue weighted by Crippen LogP contribution is 2.42. The summed E-state index contributed by atoms with van der Waals surface area (Å²) in [5, 5.41) is 11.4. The van der Waals surface area contributed by atoms with Crippen molar-refractivity contribution in [2.24, 2.45) is 7.05 Å². The Bertz CT molecular complexity index is 1780. The van der Waals surface area contributed by atoms with Crippen LogP contribution in [0.5, 0.6) is 5.75 Å². The van der Waals surface area contributed by atoms with Crippen LogP contribution in [-0.2, 0) is 42.0 Å². The number of carbonyl (C=O) groups is 1. The minimum atomic E-state index is -4.39. The quantitative estimate of drug-likeness (QED) is 0.234. The van der Waals surface area contributed by atoms with Crippen LogP contribution < -0.4 is 10.3 Å². The number of alkyl halides is 3. The second-order valence-corrected chi connectivity index (χ2v) is 12.3. The van der Waals surface area contributed by atoms with Gasteiger partial charge in [0.2, 0.25) is 0 Å². The molecule has 0 radical (unpaired) electrons. The van der Waals surface area contributed by atoms with E-state index in [0.29, 0.717) is 35.8 Å². The molecule has 5 rings (SSSR count). The Kier molecular flexibility index (Phi) is 8.37. The monoisotopic (exact) mass is 607 g/mol. The zero-order valence-electron chi connectivity index (χ0n) is 25.5. The van der Waals surface area contributed by atoms with Crippen LogP contribution >= 0.6 is 0 Å². The molecule has 4 aromatic rings. The molecule has 1 aliphatic heterocycles. The van der Waals surface area contributed by atoms with Gasteiger partial charge in [-0.3, -0.25) is 4.79 Å². The Morgan fingerprint density at radius 2 is 1.66 bits per heavy atom. The first-order valence-corrected chi connectivity index (χ1v) is 14.6. The van der Waals surface area contributed by atoms with Gasteiger partial charge in [-0.15, -0.1) is 0 Å². The molecule has 3 aromatic carbocycles. The van der Waals surface area contributed by atoms with Crippen molar-refractivity contribution in [2.45, 2.75) is 71.3 Å². The Balaban J connectivity index is 1.66.